The lowest BCUT2D eigenvalue weighted by molar-refractivity contribution is 0.0475. The summed E-state index contributed by atoms with van der Waals surface area (Å²) in [6, 6.07) is 0. The lowest BCUT2D eigenvalue weighted by Crippen LogP contribution is -2.33. The minimum absolute atomic E-state index is 0.142. The average Bonchev–Trinajstić information content (AvgIpc) is 2.08. The van der Waals surface area contributed by atoms with Gasteiger partial charge in [0.15, 0.2) is 0 Å². The number of carbonyl (C=O) groups is 1. The molecule has 0 spiro atoms. The van der Waals surface area contributed by atoms with Crippen LogP contribution in [0.1, 0.15) is 12.8 Å². The van der Waals surface area contributed by atoms with Crippen molar-refractivity contribution in [2.45, 2.75) is 18.3 Å². The van der Waals surface area contributed by atoms with Crippen LogP contribution in [-0.2, 0) is 23.8 Å². The summed E-state index contributed by atoms with van der Waals surface area (Å²) in [6.45, 7) is 0.142. The number of carbonyl (C=O) groups excluding carboxylic acids is 1. The van der Waals surface area contributed by atoms with Crippen molar-refractivity contribution >= 4 is 16.3 Å². The molecule has 0 aromatic rings. The van der Waals surface area contributed by atoms with E-state index >= 15 is 0 Å². The summed E-state index contributed by atoms with van der Waals surface area (Å²) in [5, 5.41) is 0. The number of methoxy groups -OCH3 is 1. The van der Waals surface area contributed by atoms with E-state index in [1.165, 1.54) is 0 Å². The summed E-state index contributed by atoms with van der Waals surface area (Å²) in [4.78, 5) is 10.6. The van der Waals surface area contributed by atoms with Crippen LogP contribution in [0.4, 0.5) is 4.79 Å². The summed E-state index contributed by atoms with van der Waals surface area (Å²) in [7, 11) is -2.64. The molecule has 1 aliphatic rings. The van der Waals surface area contributed by atoms with Gasteiger partial charge in [0.05, 0.1) is 13.7 Å². The fourth-order valence-corrected chi connectivity index (χ4v) is 2.07. The van der Waals surface area contributed by atoms with E-state index in [9.17, 15) is 13.2 Å². The highest BCUT2D eigenvalue weighted by molar-refractivity contribution is 7.87. The topological polar surface area (TPSA) is 78.9 Å². The van der Waals surface area contributed by atoms with Crippen LogP contribution in [0, 0.1) is 0 Å². The maximum absolute atomic E-state index is 11.1. The van der Waals surface area contributed by atoms with E-state index in [1.807, 2.05) is 0 Å². The molecule has 0 saturated carbocycles. The SMILES string of the molecule is COC(=O)OC1CCCOS1(=O)=O. The van der Waals surface area contributed by atoms with E-state index in [0.717, 1.165) is 7.11 Å². The number of rotatable bonds is 1. The zero-order valence-electron chi connectivity index (χ0n) is 7.06. The van der Waals surface area contributed by atoms with Crippen LogP contribution >= 0.6 is 0 Å². The van der Waals surface area contributed by atoms with Crippen molar-refractivity contribution < 1.29 is 26.9 Å². The second-order valence-electron chi connectivity index (χ2n) is 2.46. The fraction of sp³-hybridized carbons (Fsp3) is 0.833. The molecule has 1 atom stereocenters. The third kappa shape index (κ3) is 2.56. The predicted octanol–water partition coefficient (Wildman–Crippen LogP) is 0.236. The Balaban J connectivity index is 2.62. The van der Waals surface area contributed by atoms with Gasteiger partial charge < -0.3 is 9.47 Å². The van der Waals surface area contributed by atoms with Gasteiger partial charge in [0.1, 0.15) is 0 Å². The highest BCUT2D eigenvalue weighted by Gasteiger charge is 2.33. The lowest BCUT2D eigenvalue weighted by Gasteiger charge is -2.20. The molecule has 1 unspecified atom stereocenters. The van der Waals surface area contributed by atoms with Crippen molar-refractivity contribution in [2.75, 3.05) is 13.7 Å². The first-order valence-corrected chi connectivity index (χ1v) is 5.16. The predicted molar refractivity (Wildman–Crippen MR) is 41.4 cm³/mol. The van der Waals surface area contributed by atoms with Crippen LogP contribution in [0.3, 0.4) is 0 Å². The van der Waals surface area contributed by atoms with Crippen molar-refractivity contribution in [3.05, 3.63) is 0 Å². The van der Waals surface area contributed by atoms with Gasteiger partial charge in [-0.3, -0.25) is 4.18 Å². The van der Waals surface area contributed by atoms with Gasteiger partial charge in [-0.05, 0) is 6.42 Å². The van der Waals surface area contributed by atoms with Crippen LogP contribution in [0.5, 0.6) is 0 Å². The van der Waals surface area contributed by atoms with Crippen LogP contribution in [0.25, 0.3) is 0 Å². The molecule has 1 aliphatic heterocycles. The monoisotopic (exact) mass is 210 g/mol. The fourth-order valence-electron chi connectivity index (χ4n) is 0.919. The first-order chi connectivity index (χ1) is 6.06. The molecule has 0 amide bonds. The van der Waals surface area contributed by atoms with E-state index < -0.39 is 21.7 Å². The minimum Gasteiger partial charge on any atom is -0.438 e. The molecular weight excluding hydrogens is 200 g/mol. The first-order valence-electron chi connectivity index (χ1n) is 3.69. The second kappa shape index (κ2) is 3.93. The molecule has 7 heteroatoms. The maximum Gasteiger partial charge on any atom is 0.509 e. The number of hydrogen-bond donors (Lipinski definition) is 0. The van der Waals surface area contributed by atoms with Crippen LogP contribution in [0.2, 0.25) is 0 Å². The highest BCUT2D eigenvalue weighted by atomic mass is 32.2. The van der Waals surface area contributed by atoms with Gasteiger partial charge in [0.25, 0.3) is 0 Å². The van der Waals surface area contributed by atoms with Gasteiger partial charge >= 0.3 is 16.3 Å². The molecule has 0 aromatic carbocycles. The summed E-state index contributed by atoms with van der Waals surface area (Å²) in [5.41, 5.74) is -1.23. The molecule has 1 saturated heterocycles. The van der Waals surface area contributed by atoms with Crippen LogP contribution in [0.15, 0.2) is 0 Å². The molecule has 0 aliphatic carbocycles. The van der Waals surface area contributed by atoms with Crippen molar-refractivity contribution in [3.63, 3.8) is 0 Å². The molecule has 1 rings (SSSR count). The first kappa shape index (κ1) is 10.3. The molecule has 0 aromatic heterocycles. The third-order valence-corrected chi connectivity index (χ3v) is 3.02. The van der Waals surface area contributed by atoms with Gasteiger partial charge in [-0.15, -0.1) is 0 Å². The zero-order chi connectivity index (χ0) is 9.90. The van der Waals surface area contributed by atoms with E-state index in [1.54, 1.807) is 0 Å². The quantitative estimate of drug-likeness (QED) is 0.455. The summed E-state index contributed by atoms with van der Waals surface area (Å²) in [5.74, 6) is 0. The molecular formula is C6H10O6S. The summed E-state index contributed by atoms with van der Waals surface area (Å²) >= 11 is 0. The van der Waals surface area contributed by atoms with Crippen LogP contribution in [-0.4, -0.2) is 33.7 Å². The Morgan fingerprint density at radius 1 is 1.54 bits per heavy atom. The number of hydrogen-bond acceptors (Lipinski definition) is 6. The zero-order valence-corrected chi connectivity index (χ0v) is 7.87. The molecule has 0 N–H and O–H groups in total. The second-order valence-corrected chi connectivity index (χ2v) is 4.21. The van der Waals surface area contributed by atoms with Gasteiger partial charge in [-0.2, -0.15) is 8.42 Å². The van der Waals surface area contributed by atoms with Gasteiger partial charge in [0, 0.05) is 6.42 Å². The maximum atomic E-state index is 11.1. The van der Waals surface area contributed by atoms with Crippen molar-refractivity contribution in [1.82, 2.24) is 0 Å². The van der Waals surface area contributed by atoms with Crippen molar-refractivity contribution in [3.8, 4) is 0 Å². The molecule has 1 heterocycles. The van der Waals surface area contributed by atoms with Crippen molar-refractivity contribution in [2.24, 2.45) is 0 Å². The molecule has 76 valence electrons. The standard InChI is InChI=1S/C6H10O6S/c1-10-6(7)12-5-3-2-4-11-13(5,8)9/h5H,2-4H2,1H3. The average molecular weight is 210 g/mol. The summed E-state index contributed by atoms with van der Waals surface area (Å²) < 4.78 is 35.3. The minimum atomic E-state index is -3.75. The molecule has 13 heavy (non-hydrogen) atoms. The Hall–Kier alpha value is -0.820. The van der Waals surface area contributed by atoms with Gasteiger partial charge in [-0.1, -0.05) is 0 Å². The smallest absolute Gasteiger partial charge is 0.438 e. The van der Waals surface area contributed by atoms with Crippen LogP contribution < -0.4 is 0 Å². The highest BCUT2D eigenvalue weighted by Crippen LogP contribution is 2.18. The molecule has 6 nitrogen and oxygen atoms in total. The van der Waals surface area contributed by atoms with Crippen molar-refractivity contribution in [1.29, 1.82) is 0 Å². The van der Waals surface area contributed by atoms with E-state index in [-0.39, 0.29) is 13.0 Å². The Morgan fingerprint density at radius 3 is 2.77 bits per heavy atom. The largest absolute Gasteiger partial charge is 0.509 e. The van der Waals surface area contributed by atoms with E-state index in [2.05, 4.69) is 13.7 Å². The number of ether oxygens (including phenoxy) is 2. The van der Waals surface area contributed by atoms with Gasteiger partial charge in [0.2, 0.25) is 5.44 Å². The Bertz CT molecular complexity index is 281. The Labute approximate surface area is 75.9 Å². The Morgan fingerprint density at radius 2 is 2.23 bits per heavy atom. The normalized spacial score (nSPS) is 26.4. The third-order valence-electron chi connectivity index (χ3n) is 1.55. The van der Waals surface area contributed by atoms with E-state index in [0.29, 0.717) is 6.42 Å². The molecule has 0 radical (unpaired) electrons. The Kier molecular flexibility index (Phi) is 3.10. The molecule has 1 fully saturated rings. The lowest BCUT2D eigenvalue weighted by atomic mass is 10.3. The molecule has 0 bridgehead atoms. The summed E-state index contributed by atoms with van der Waals surface area (Å²) in [6.07, 6.45) is -0.225. The van der Waals surface area contributed by atoms with E-state index in [4.69, 9.17) is 0 Å². The van der Waals surface area contributed by atoms with Gasteiger partial charge in [-0.25, -0.2) is 4.79 Å².